The van der Waals surface area contributed by atoms with Crippen LogP contribution in [0.15, 0.2) is 30.5 Å². The van der Waals surface area contributed by atoms with Gasteiger partial charge >= 0.3 is 6.61 Å². The predicted octanol–water partition coefficient (Wildman–Crippen LogP) is 2.66. The molecular weight excluding hydrogens is 346 g/mol. The molecule has 0 spiro atoms. The first-order valence-corrected chi connectivity index (χ1v) is 7.95. The fourth-order valence-electron chi connectivity index (χ4n) is 2.22. The van der Waals surface area contributed by atoms with Crippen LogP contribution in [-0.4, -0.2) is 34.8 Å². The van der Waals surface area contributed by atoms with Crippen molar-refractivity contribution in [2.75, 3.05) is 11.9 Å². The molecule has 0 fully saturated rings. The molecule has 0 bridgehead atoms. The van der Waals surface area contributed by atoms with Gasteiger partial charge in [-0.05, 0) is 18.1 Å². The van der Waals surface area contributed by atoms with E-state index in [0.717, 1.165) is 0 Å². The van der Waals surface area contributed by atoms with Gasteiger partial charge in [0.25, 0.3) is 11.8 Å². The van der Waals surface area contributed by atoms with Gasteiger partial charge in [-0.25, -0.2) is 0 Å². The van der Waals surface area contributed by atoms with Crippen LogP contribution < -0.4 is 15.4 Å². The Hall–Kier alpha value is -2.97. The molecule has 0 aliphatic carbocycles. The highest BCUT2D eigenvalue weighted by Crippen LogP contribution is 2.22. The maximum atomic E-state index is 12.5. The van der Waals surface area contributed by atoms with Crippen LogP contribution in [0.2, 0.25) is 0 Å². The molecule has 2 rings (SSSR count). The minimum Gasteiger partial charge on any atom is -0.434 e. The Kier molecular flexibility index (Phi) is 6.26. The van der Waals surface area contributed by atoms with Gasteiger partial charge in [0.1, 0.15) is 11.4 Å². The number of hydrogen-bond acceptors (Lipinski definition) is 4. The Labute approximate surface area is 149 Å². The summed E-state index contributed by atoms with van der Waals surface area (Å²) in [5.74, 6) is -1.09. The zero-order valence-electron chi connectivity index (χ0n) is 14.6. The van der Waals surface area contributed by atoms with Crippen molar-refractivity contribution < 1.29 is 23.1 Å². The number of halogens is 2. The molecular formula is C17H20F2N4O3. The summed E-state index contributed by atoms with van der Waals surface area (Å²) in [4.78, 5) is 24.8. The Morgan fingerprint density at radius 3 is 2.58 bits per heavy atom. The van der Waals surface area contributed by atoms with Crippen molar-refractivity contribution in [1.29, 1.82) is 0 Å². The third kappa shape index (κ3) is 4.78. The lowest BCUT2D eigenvalue weighted by Crippen LogP contribution is -2.30. The molecule has 1 heterocycles. The third-order valence-corrected chi connectivity index (χ3v) is 3.42. The van der Waals surface area contributed by atoms with Crippen molar-refractivity contribution in [1.82, 2.24) is 15.1 Å². The lowest BCUT2D eigenvalue weighted by atomic mass is 10.2. The molecule has 1 aromatic heterocycles. The molecule has 0 aliphatic heterocycles. The van der Waals surface area contributed by atoms with E-state index in [4.69, 9.17) is 0 Å². The van der Waals surface area contributed by atoms with Crippen molar-refractivity contribution in [3.05, 3.63) is 41.7 Å². The normalized spacial score (nSPS) is 10.9. The van der Waals surface area contributed by atoms with Gasteiger partial charge < -0.3 is 15.4 Å². The zero-order valence-corrected chi connectivity index (χ0v) is 14.6. The van der Waals surface area contributed by atoms with Crippen LogP contribution in [-0.2, 0) is 7.05 Å². The molecule has 9 heteroatoms. The molecule has 0 saturated carbocycles. The fourth-order valence-corrected chi connectivity index (χ4v) is 2.22. The summed E-state index contributed by atoms with van der Waals surface area (Å²) in [5, 5.41) is 9.24. The smallest absolute Gasteiger partial charge is 0.387 e. The second-order valence-electron chi connectivity index (χ2n) is 5.96. The van der Waals surface area contributed by atoms with Gasteiger partial charge in [-0.3, -0.25) is 14.3 Å². The third-order valence-electron chi connectivity index (χ3n) is 3.42. The van der Waals surface area contributed by atoms with Crippen LogP contribution in [0.5, 0.6) is 5.75 Å². The number of carbonyl (C=O) groups excluding carboxylic acids is 2. The largest absolute Gasteiger partial charge is 0.434 e. The number of ether oxygens (including phenoxy) is 1. The lowest BCUT2D eigenvalue weighted by molar-refractivity contribution is -0.0501. The van der Waals surface area contributed by atoms with Gasteiger partial charge in [0.2, 0.25) is 0 Å². The number of carbonyl (C=O) groups is 2. The summed E-state index contributed by atoms with van der Waals surface area (Å²) in [6.45, 7) is 1.31. The highest BCUT2D eigenvalue weighted by Gasteiger charge is 2.21. The minimum absolute atomic E-state index is 0.0785. The van der Waals surface area contributed by atoms with Crippen LogP contribution in [0, 0.1) is 5.92 Å². The number of amides is 2. The summed E-state index contributed by atoms with van der Waals surface area (Å²) in [7, 11) is 1.56. The van der Waals surface area contributed by atoms with E-state index in [9.17, 15) is 18.4 Å². The Balaban J connectivity index is 2.22. The molecule has 0 unspecified atom stereocenters. The first-order chi connectivity index (χ1) is 12.3. The number of para-hydroxylation sites is 1. The molecule has 26 heavy (non-hydrogen) atoms. The van der Waals surface area contributed by atoms with Crippen molar-refractivity contribution in [3.8, 4) is 5.75 Å². The molecule has 0 aliphatic rings. The van der Waals surface area contributed by atoms with Gasteiger partial charge in [0.15, 0.2) is 0 Å². The SMILES string of the molecule is CC(C)CNC(=O)c1c(NC(=O)c2ccccc2OC(F)F)cnn1C. The summed E-state index contributed by atoms with van der Waals surface area (Å²) in [5.41, 5.74) is 0.252. The van der Waals surface area contributed by atoms with E-state index in [-0.39, 0.29) is 28.6 Å². The number of aromatic nitrogens is 2. The van der Waals surface area contributed by atoms with Crippen molar-refractivity contribution in [2.45, 2.75) is 20.5 Å². The summed E-state index contributed by atoms with van der Waals surface area (Å²) in [6.07, 6.45) is 1.32. The van der Waals surface area contributed by atoms with Crippen LogP contribution in [0.25, 0.3) is 0 Å². The summed E-state index contributed by atoms with van der Waals surface area (Å²) < 4.78 is 30.7. The predicted molar refractivity (Wildman–Crippen MR) is 91.4 cm³/mol. The molecule has 0 radical (unpaired) electrons. The first-order valence-electron chi connectivity index (χ1n) is 7.95. The molecule has 140 valence electrons. The molecule has 7 nitrogen and oxygen atoms in total. The number of rotatable bonds is 7. The molecule has 2 amide bonds. The van der Waals surface area contributed by atoms with Crippen LogP contribution in [0.4, 0.5) is 14.5 Å². The number of aryl methyl sites for hydroxylation is 1. The Morgan fingerprint density at radius 1 is 1.23 bits per heavy atom. The van der Waals surface area contributed by atoms with Gasteiger partial charge in [-0.15, -0.1) is 0 Å². The topological polar surface area (TPSA) is 85.2 Å². The minimum atomic E-state index is -3.06. The van der Waals surface area contributed by atoms with E-state index in [1.807, 2.05) is 13.8 Å². The van der Waals surface area contributed by atoms with Gasteiger partial charge in [0.05, 0.1) is 17.4 Å². The monoisotopic (exact) mass is 366 g/mol. The summed E-state index contributed by atoms with van der Waals surface area (Å²) in [6, 6.07) is 5.61. The van der Waals surface area contributed by atoms with Crippen molar-refractivity contribution in [2.24, 2.45) is 13.0 Å². The fraction of sp³-hybridized carbons (Fsp3) is 0.353. The van der Waals surface area contributed by atoms with E-state index in [1.54, 1.807) is 7.05 Å². The second kappa shape index (κ2) is 8.41. The van der Waals surface area contributed by atoms with Crippen LogP contribution in [0.3, 0.4) is 0 Å². The summed E-state index contributed by atoms with van der Waals surface area (Å²) >= 11 is 0. The maximum absolute atomic E-state index is 12.5. The van der Waals surface area contributed by atoms with Gasteiger partial charge in [-0.1, -0.05) is 26.0 Å². The number of anilines is 1. The number of nitrogens with zero attached hydrogens (tertiary/aromatic N) is 2. The standard InChI is InChI=1S/C17H20F2N4O3/c1-10(2)8-20-16(25)14-12(9-21-23(14)3)22-15(24)11-6-4-5-7-13(11)26-17(18)19/h4-7,9-10,17H,8H2,1-3H3,(H,20,25)(H,22,24). The van der Waals surface area contributed by atoms with E-state index >= 15 is 0 Å². The van der Waals surface area contributed by atoms with E-state index in [2.05, 4.69) is 20.5 Å². The number of hydrogen-bond donors (Lipinski definition) is 2. The van der Waals surface area contributed by atoms with Crippen LogP contribution >= 0.6 is 0 Å². The van der Waals surface area contributed by atoms with Crippen molar-refractivity contribution in [3.63, 3.8) is 0 Å². The quantitative estimate of drug-likeness (QED) is 0.789. The van der Waals surface area contributed by atoms with Gasteiger partial charge in [0, 0.05) is 13.6 Å². The van der Waals surface area contributed by atoms with E-state index in [1.165, 1.54) is 35.1 Å². The number of nitrogens with one attached hydrogen (secondary N) is 2. The maximum Gasteiger partial charge on any atom is 0.387 e. The molecule has 0 saturated heterocycles. The number of benzene rings is 1. The molecule has 1 aromatic carbocycles. The number of alkyl halides is 2. The highest BCUT2D eigenvalue weighted by atomic mass is 19.3. The average Bonchev–Trinajstić information content (AvgIpc) is 2.93. The molecule has 2 aromatic rings. The van der Waals surface area contributed by atoms with Crippen LogP contribution in [0.1, 0.15) is 34.7 Å². The van der Waals surface area contributed by atoms with E-state index < -0.39 is 18.4 Å². The first kappa shape index (κ1) is 19.4. The lowest BCUT2D eigenvalue weighted by Gasteiger charge is -2.12. The molecule has 0 atom stereocenters. The molecule has 2 N–H and O–H groups in total. The zero-order chi connectivity index (χ0) is 19.3. The average molecular weight is 366 g/mol. The second-order valence-corrected chi connectivity index (χ2v) is 5.96. The van der Waals surface area contributed by atoms with Crippen molar-refractivity contribution >= 4 is 17.5 Å². The van der Waals surface area contributed by atoms with E-state index in [0.29, 0.717) is 6.54 Å². The Bertz CT molecular complexity index is 790. The van der Waals surface area contributed by atoms with Gasteiger partial charge in [-0.2, -0.15) is 13.9 Å². The highest BCUT2D eigenvalue weighted by molar-refractivity contribution is 6.09. The Morgan fingerprint density at radius 2 is 1.92 bits per heavy atom.